The number of fused-ring (bicyclic) bond motifs is 1. The average molecular weight is 384 g/mol. The van der Waals surface area contributed by atoms with Crippen molar-refractivity contribution in [1.82, 2.24) is 19.3 Å². The van der Waals surface area contributed by atoms with Crippen LogP contribution in [0.1, 0.15) is 12.8 Å². The summed E-state index contributed by atoms with van der Waals surface area (Å²) in [4.78, 5) is 11.7. The highest BCUT2D eigenvalue weighted by molar-refractivity contribution is 5.69. The van der Waals surface area contributed by atoms with E-state index >= 15 is 0 Å². The molecule has 1 fully saturated rings. The van der Waals surface area contributed by atoms with Crippen LogP contribution in [0.25, 0.3) is 28.2 Å². The summed E-state index contributed by atoms with van der Waals surface area (Å²) in [6.07, 6.45) is 8.53. The molecule has 1 aliphatic rings. The SMILES string of the molecule is c1ccn2cc(-c3ccnc(-c4ccc(OCCN5CCCC5)cc4)c3)nc2c1. The van der Waals surface area contributed by atoms with Crippen LogP contribution < -0.4 is 4.74 Å². The van der Waals surface area contributed by atoms with Crippen LogP contribution in [0.5, 0.6) is 5.75 Å². The van der Waals surface area contributed by atoms with Gasteiger partial charge in [-0.15, -0.1) is 0 Å². The fourth-order valence-corrected chi connectivity index (χ4v) is 3.84. The van der Waals surface area contributed by atoms with Gasteiger partial charge in [0.25, 0.3) is 0 Å². The summed E-state index contributed by atoms with van der Waals surface area (Å²) in [5.74, 6) is 0.907. The van der Waals surface area contributed by atoms with Crippen molar-refractivity contribution in [2.75, 3.05) is 26.2 Å². The molecule has 0 bridgehead atoms. The molecule has 0 aliphatic carbocycles. The van der Waals surface area contributed by atoms with Crippen molar-refractivity contribution in [3.05, 3.63) is 73.2 Å². The molecule has 0 radical (unpaired) electrons. The van der Waals surface area contributed by atoms with E-state index in [4.69, 9.17) is 9.72 Å². The number of aromatic nitrogens is 3. The van der Waals surface area contributed by atoms with Gasteiger partial charge in [0.1, 0.15) is 18.0 Å². The van der Waals surface area contributed by atoms with E-state index in [0.29, 0.717) is 0 Å². The lowest BCUT2D eigenvalue weighted by molar-refractivity contribution is 0.238. The quantitative estimate of drug-likeness (QED) is 0.490. The number of rotatable bonds is 6. The molecule has 5 nitrogen and oxygen atoms in total. The first kappa shape index (κ1) is 17.9. The zero-order valence-corrected chi connectivity index (χ0v) is 16.4. The summed E-state index contributed by atoms with van der Waals surface area (Å²) in [6, 6.07) is 18.3. The van der Waals surface area contributed by atoms with Gasteiger partial charge in [0.15, 0.2) is 0 Å². The zero-order chi connectivity index (χ0) is 19.5. The molecule has 5 rings (SSSR count). The first-order chi connectivity index (χ1) is 14.3. The fourth-order valence-electron chi connectivity index (χ4n) is 3.84. The standard InChI is InChI=1S/C24H24N4O/c1-2-14-28-18-23(26-24(28)5-1)20-10-11-25-22(17-20)19-6-8-21(9-7-19)29-16-15-27-12-3-4-13-27/h1-2,5-11,14,17-18H,3-4,12-13,15-16H2. The number of benzene rings is 1. The van der Waals surface area contributed by atoms with Gasteiger partial charge in [-0.2, -0.15) is 0 Å². The Morgan fingerprint density at radius 1 is 0.897 bits per heavy atom. The van der Waals surface area contributed by atoms with Crippen LogP contribution in [0.4, 0.5) is 0 Å². The molecule has 0 atom stereocenters. The molecule has 29 heavy (non-hydrogen) atoms. The Morgan fingerprint density at radius 3 is 2.59 bits per heavy atom. The van der Waals surface area contributed by atoms with Gasteiger partial charge in [0.2, 0.25) is 0 Å². The van der Waals surface area contributed by atoms with Crippen molar-refractivity contribution in [1.29, 1.82) is 0 Å². The van der Waals surface area contributed by atoms with E-state index in [9.17, 15) is 0 Å². The minimum atomic E-state index is 0.737. The van der Waals surface area contributed by atoms with Crippen LogP contribution in [0.15, 0.2) is 73.2 Å². The van der Waals surface area contributed by atoms with Crippen molar-refractivity contribution in [3.8, 4) is 28.3 Å². The maximum absolute atomic E-state index is 5.91. The van der Waals surface area contributed by atoms with Crippen LogP contribution in [0, 0.1) is 0 Å². The van der Waals surface area contributed by atoms with Crippen molar-refractivity contribution in [2.24, 2.45) is 0 Å². The topological polar surface area (TPSA) is 42.7 Å². The monoisotopic (exact) mass is 384 g/mol. The van der Waals surface area contributed by atoms with Gasteiger partial charge in [-0.3, -0.25) is 9.88 Å². The Balaban J connectivity index is 1.29. The van der Waals surface area contributed by atoms with Crippen LogP contribution in [-0.4, -0.2) is 45.5 Å². The first-order valence-electron chi connectivity index (χ1n) is 10.2. The predicted molar refractivity (Wildman–Crippen MR) is 115 cm³/mol. The second-order valence-electron chi connectivity index (χ2n) is 7.44. The van der Waals surface area contributed by atoms with Crippen LogP contribution >= 0.6 is 0 Å². The number of hydrogen-bond donors (Lipinski definition) is 0. The highest BCUT2D eigenvalue weighted by Gasteiger charge is 2.11. The largest absolute Gasteiger partial charge is 0.492 e. The minimum Gasteiger partial charge on any atom is -0.492 e. The second kappa shape index (κ2) is 8.05. The van der Waals surface area contributed by atoms with E-state index in [1.807, 2.05) is 59.4 Å². The molecular formula is C24H24N4O. The van der Waals surface area contributed by atoms with Crippen molar-refractivity contribution < 1.29 is 4.74 Å². The summed E-state index contributed by atoms with van der Waals surface area (Å²) < 4.78 is 7.94. The molecule has 4 heterocycles. The Labute approximate surface area is 170 Å². The zero-order valence-electron chi connectivity index (χ0n) is 16.4. The molecule has 1 aliphatic heterocycles. The molecular weight excluding hydrogens is 360 g/mol. The van der Waals surface area contributed by atoms with Crippen LogP contribution in [0.3, 0.4) is 0 Å². The smallest absolute Gasteiger partial charge is 0.137 e. The highest BCUT2D eigenvalue weighted by Crippen LogP contribution is 2.26. The highest BCUT2D eigenvalue weighted by atomic mass is 16.5. The molecule has 1 aromatic carbocycles. The summed E-state index contributed by atoms with van der Waals surface area (Å²) >= 11 is 0. The Morgan fingerprint density at radius 2 is 1.76 bits per heavy atom. The fraction of sp³-hybridized carbons (Fsp3) is 0.250. The number of imidazole rings is 1. The third-order valence-corrected chi connectivity index (χ3v) is 5.44. The van der Waals surface area contributed by atoms with Gasteiger partial charge in [-0.1, -0.05) is 6.07 Å². The van der Waals surface area contributed by atoms with Gasteiger partial charge in [0, 0.05) is 36.3 Å². The summed E-state index contributed by atoms with van der Waals surface area (Å²) in [5.41, 5.74) is 4.95. The maximum Gasteiger partial charge on any atom is 0.137 e. The molecule has 4 aromatic rings. The molecule has 146 valence electrons. The average Bonchev–Trinajstić information content (AvgIpc) is 3.44. The van der Waals surface area contributed by atoms with Gasteiger partial charge in [-0.05, 0) is 74.5 Å². The summed E-state index contributed by atoms with van der Waals surface area (Å²) in [7, 11) is 0. The summed E-state index contributed by atoms with van der Waals surface area (Å²) in [5, 5.41) is 0. The number of likely N-dealkylation sites (tertiary alicyclic amines) is 1. The van der Waals surface area contributed by atoms with Crippen LogP contribution in [0.2, 0.25) is 0 Å². The van der Waals surface area contributed by atoms with Gasteiger partial charge < -0.3 is 9.14 Å². The molecule has 0 saturated carbocycles. The van der Waals surface area contributed by atoms with E-state index in [-0.39, 0.29) is 0 Å². The van der Waals surface area contributed by atoms with E-state index in [2.05, 4.69) is 28.1 Å². The van der Waals surface area contributed by atoms with E-state index in [1.165, 1.54) is 25.9 Å². The predicted octanol–water partition coefficient (Wildman–Crippen LogP) is 4.54. The second-order valence-corrected chi connectivity index (χ2v) is 7.44. The van der Waals surface area contributed by atoms with Crippen LogP contribution in [-0.2, 0) is 0 Å². The minimum absolute atomic E-state index is 0.737. The van der Waals surface area contributed by atoms with Gasteiger partial charge in [-0.25, -0.2) is 4.98 Å². The Hall–Kier alpha value is -3.18. The lowest BCUT2D eigenvalue weighted by Gasteiger charge is -2.15. The van der Waals surface area contributed by atoms with E-state index < -0.39 is 0 Å². The normalized spacial score (nSPS) is 14.5. The first-order valence-corrected chi connectivity index (χ1v) is 10.2. The molecule has 0 spiro atoms. The molecule has 0 unspecified atom stereocenters. The van der Waals surface area contributed by atoms with Crippen molar-refractivity contribution >= 4 is 5.65 Å². The number of nitrogens with zero attached hydrogens (tertiary/aromatic N) is 4. The third-order valence-electron chi connectivity index (χ3n) is 5.44. The number of hydrogen-bond acceptors (Lipinski definition) is 4. The van der Waals surface area contributed by atoms with E-state index in [1.54, 1.807) is 0 Å². The lowest BCUT2D eigenvalue weighted by Crippen LogP contribution is -2.25. The molecule has 1 saturated heterocycles. The van der Waals surface area contributed by atoms with Gasteiger partial charge in [0.05, 0.1) is 11.4 Å². The molecule has 3 aromatic heterocycles. The third kappa shape index (κ3) is 4.00. The summed E-state index contributed by atoms with van der Waals surface area (Å²) in [6.45, 7) is 4.15. The van der Waals surface area contributed by atoms with Crippen molar-refractivity contribution in [2.45, 2.75) is 12.8 Å². The number of ether oxygens (including phenoxy) is 1. The Bertz CT molecular complexity index is 1060. The maximum atomic E-state index is 5.91. The van der Waals surface area contributed by atoms with Crippen molar-refractivity contribution in [3.63, 3.8) is 0 Å². The Kier molecular flexibility index (Phi) is 4.97. The van der Waals surface area contributed by atoms with E-state index in [0.717, 1.165) is 47.1 Å². The molecule has 0 N–H and O–H groups in total. The lowest BCUT2D eigenvalue weighted by atomic mass is 10.1. The molecule has 0 amide bonds. The number of pyridine rings is 2. The van der Waals surface area contributed by atoms with Gasteiger partial charge >= 0.3 is 0 Å². The molecule has 5 heteroatoms.